The van der Waals surface area contributed by atoms with E-state index in [0.29, 0.717) is 0 Å². The van der Waals surface area contributed by atoms with Crippen molar-refractivity contribution in [2.75, 3.05) is 32.7 Å². The molecule has 1 heterocycles. The monoisotopic (exact) mass is 378 g/mol. The lowest BCUT2D eigenvalue weighted by molar-refractivity contribution is -0.148. The third-order valence-corrected chi connectivity index (χ3v) is 4.04. The summed E-state index contributed by atoms with van der Waals surface area (Å²) in [6, 6.07) is 4.88. The van der Waals surface area contributed by atoms with Gasteiger partial charge in [-0.1, -0.05) is 0 Å². The van der Waals surface area contributed by atoms with Gasteiger partial charge in [0.25, 0.3) is 5.91 Å². The molecule has 0 bridgehead atoms. The van der Waals surface area contributed by atoms with E-state index in [9.17, 15) is 23.6 Å². The Labute approximate surface area is 156 Å². The maximum Gasteiger partial charge on any atom is 0.312 e. The molecular formula is C18H23FN4O4. The highest BCUT2D eigenvalue weighted by Crippen LogP contribution is 2.04. The third-order valence-electron chi connectivity index (χ3n) is 4.04. The summed E-state index contributed by atoms with van der Waals surface area (Å²) in [5.41, 5.74) is 0.260. The topological polar surface area (TPSA) is 98.8 Å². The number of carbonyl (C=O) groups is 4. The lowest BCUT2D eigenvalue weighted by Crippen LogP contribution is -2.55. The predicted molar refractivity (Wildman–Crippen MR) is 95.2 cm³/mol. The molecule has 1 fully saturated rings. The van der Waals surface area contributed by atoms with Gasteiger partial charge in [0.05, 0.1) is 6.54 Å². The molecule has 1 aromatic rings. The molecule has 1 aliphatic heterocycles. The van der Waals surface area contributed by atoms with Crippen molar-refractivity contribution in [3.05, 3.63) is 35.6 Å². The number of carbonyl (C=O) groups excluding carboxylic acids is 4. The van der Waals surface area contributed by atoms with Crippen LogP contribution in [0.25, 0.3) is 0 Å². The lowest BCUT2D eigenvalue weighted by Gasteiger charge is -2.34. The number of amides is 4. The first-order valence-electron chi connectivity index (χ1n) is 8.69. The van der Waals surface area contributed by atoms with E-state index in [2.05, 4.69) is 10.6 Å². The summed E-state index contributed by atoms with van der Waals surface area (Å²) < 4.78 is 12.9. The molecule has 1 aromatic carbocycles. The van der Waals surface area contributed by atoms with Crippen LogP contribution in [0.1, 0.15) is 24.2 Å². The molecule has 146 valence electrons. The van der Waals surface area contributed by atoms with E-state index in [0.717, 1.165) is 0 Å². The van der Waals surface area contributed by atoms with Crippen molar-refractivity contribution in [2.45, 2.75) is 19.9 Å². The highest BCUT2D eigenvalue weighted by atomic mass is 19.1. The van der Waals surface area contributed by atoms with Gasteiger partial charge in [-0.05, 0) is 38.1 Å². The van der Waals surface area contributed by atoms with Gasteiger partial charge in [-0.25, -0.2) is 4.39 Å². The molecule has 1 saturated heterocycles. The lowest BCUT2D eigenvalue weighted by atomic mass is 10.2. The van der Waals surface area contributed by atoms with Crippen molar-refractivity contribution in [2.24, 2.45) is 0 Å². The number of benzene rings is 1. The summed E-state index contributed by atoms with van der Waals surface area (Å²) >= 11 is 0. The summed E-state index contributed by atoms with van der Waals surface area (Å²) in [6.07, 6.45) is 0. The smallest absolute Gasteiger partial charge is 0.312 e. The Morgan fingerprint density at radius 2 is 1.56 bits per heavy atom. The maximum absolute atomic E-state index is 12.9. The van der Waals surface area contributed by atoms with Crippen LogP contribution in [0.2, 0.25) is 0 Å². The van der Waals surface area contributed by atoms with E-state index >= 15 is 0 Å². The minimum atomic E-state index is -0.656. The molecule has 2 N–H and O–H groups in total. The molecule has 4 amide bonds. The van der Waals surface area contributed by atoms with E-state index in [4.69, 9.17) is 0 Å². The second kappa shape index (κ2) is 9.11. The molecule has 0 aliphatic carbocycles. The maximum atomic E-state index is 12.9. The Bertz CT molecular complexity index is 713. The average Bonchev–Trinajstić information content (AvgIpc) is 2.65. The predicted octanol–water partition coefficient (Wildman–Crippen LogP) is -0.249. The number of rotatable bonds is 4. The van der Waals surface area contributed by atoms with Crippen molar-refractivity contribution in [3.8, 4) is 0 Å². The van der Waals surface area contributed by atoms with Gasteiger partial charge in [0, 0.05) is 37.8 Å². The van der Waals surface area contributed by atoms with Crippen LogP contribution < -0.4 is 10.6 Å². The van der Waals surface area contributed by atoms with Crippen molar-refractivity contribution in [1.82, 2.24) is 20.4 Å². The van der Waals surface area contributed by atoms with Gasteiger partial charge >= 0.3 is 11.8 Å². The quantitative estimate of drug-likeness (QED) is 0.706. The average molecular weight is 378 g/mol. The van der Waals surface area contributed by atoms with Crippen LogP contribution in [-0.4, -0.2) is 72.2 Å². The standard InChI is InChI=1S/C18H23FN4O4/c1-12(2)21-17(26)18(27)23-9-7-22(8-10-23)15(24)11-20-16(25)13-3-5-14(19)6-4-13/h3-6,12H,7-11H2,1-2H3,(H,20,25)(H,21,26). The summed E-state index contributed by atoms with van der Waals surface area (Å²) in [5.74, 6) is -2.47. The van der Waals surface area contributed by atoms with Gasteiger partial charge in [0.1, 0.15) is 5.82 Å². The number of nitrogens with one attached hydrogen (secondary N) is 2. The van der Waals surface area contributed by atoms with E-state index < -0.39 is 23.5 Å². The van der Waals surface area contributed by atoms with Crippen LogP contribution in [0, 0.1) is 5.82 Å². The molecule has 0 atom stereocenters. The minimum absolute atomic E-state index is 0.131. The van der Waals surface area contributed by atoms with Gasteiger partial charge in [-0.15, -0.1) is 0 Å². The van der Waals surface area contributed by atoms with E-state index in [1.54, 1.807) is 13.8 Å². The molecule has 9 heteroatoms. The highest BCUT2D eigenvalue weighted by Gasteiger charge is 2.28. The summed E-state index contributed by atoms with van der Waals surface area (Å²) in [7, 11) is 0. The number of hydrogen-bond acceptors (Lipinski definition) is 4. The van der Waals surface area contributed by atoms with Gasteiger partial charge < -0.3 is 20.4 Å². The Morgan fingerprint density at radius 1 is 1.00 bits per heavy atom. The zero-order chi connectivity index (χ0) is 20.0. The molecule has 0 unspecified atom stereocenters. The normalized spacial score (nSPS) is 14.1. The van der Waals surface area contributed by atoms with Crippen molar-refractivity contribution in [1.29, 1.82) is 0 Å². The molecule has 0 saturated carbocycles. The van der Waals surface area contributed by atoms with E-state index in [-0.39, 0.29) is 50.2 Å². The summed E-state index contributed by atoms with van der Waals surface area (Å²) in [6.45, 7) is 4.41. The molecule has 0 radical (unpaired) electrons. The molecule has 1 aliphatic rings. The largest absolute Gasteiger partial charge is 0.346 e. The van der Waals surface area contributed by atoms with Crippen molar-refractivity contribution >= 4 is 23.6 Å². The molecule has 27 heavy (non-hydrogen) atoms. The first-order valence-corrected chi connectivity index (χ1v) is 8.69. The molecule has 0 aromatic heterocycles. The van der Waals surface area contributed by atoms with Crippen LogP contribution >= 0.6 is 0 Å². The first-order chi connectivity index (χ1) is 12.8. The second-order valence-electron chi connectivity index (χ2n) is 6.49. The van der Waals surface area contributed by atoms with E-state index in [1.165, 1.54) is 34.1 Å². The fraction of sp³-hybridized carbons (Fsp3) is 0.444. The van der Waals surface area contributed by atoms with Crippen LogP contribution in [0.5, 0.6) is 0 Å². The van der Waals surface area contributed by atoms with E-state index in [1.807, 2.05) is 0 Å². The number of hydrogen-bond donors (Lipinski definition) is 2. The third kappa shape index (κ3) is 5.77. The molecular weight excluding hydrogens is 355 g/mol. The first kappa shape index (κ1) is 20.3. The minimum Gasteiger partial charge on any atom is -0.346 e. The number of piperazine rings is 1. The fourth-order valence-electron chi connectivity index (χ4n) is 2.60. The van der Waals surface area contributed by atoms with Crippen molar-refractivity contribution < 1.29 is 23.6 Å². The number of nitrogens with zero attached hydrogens (tertiary/aromatic N) is 2. The van der Waals surface area contributed by atoms with Crippen LogP contribution in [-0.2, 0) is 14.4 Å². The summed E-state index contributed by atoms with van der Waals surface area (Å²) in [5, 5.41) is 5.04. The molecule has 8 nitrogen and oxygen atoms in total. The van der Waals surface area contributed by atoms with Crippen molar-refractivity contribution in [3.63, 3.8) is 0 Å². The molecule has 2 rings (SSSR count). The zero-order valence-corrected chi connectivity index (χ0v) is 15.3. The summed E-state index contributed by atoms with van der Waals surface area (Å²) in [4.78, 5) is 50.9. The Balaban J connectivity index is 1.77. The SMILES string of the molecule is CC(C)NC(=O)C(=O)N1CCN(C(=O)CNC(=O)c2ccc(F)cc2)CC1. The second-order valence-corrected chi connectivity index (χ2v) is 6.49. The highest BCUT2D eigenvalue weighted by molar-refractivity contribution is 6.35. The van der Waals surface area contributed by atoms with Gasteiger partial charge in [-0.2, -0.15) is 0 Å². The molecule has 0 spiro atoms. The van der Waals surface area contributed by atoms with Crippen LogP contribution in [0.3, 0.4) is 0 Å². The van der Waals surface area contributed by atoms with Crippen LogP contribution in [0.15, 0.2) is 24.3 Å². The Hall–Kier alpha value is -2.97. The number of halogens is 1. The Kier molecular flexibility index (Phi) is 6.86. The van der Waals surface area contributed by atoms with Crippen LogP contribution in [0.4, 0.5) is 4.39 Å². The van der Waals surface area contributed by atoms with Gasteiger partial charge in [-0.3, -0.25) is 19.2 Å². The van der Waals surface area contributed by atoms with Gasteiger partial charge in [0.2, 0.25) is 5.91 Å². The van der Waals surface area contributed by atoms with Gasteiger partial charge in [0.15, 0.2) is 0 Å². The zero-order valence-electron chi connectivity index (χ0n) is 15.3. The Morgan fingerprint density at radius 3 is 2.11 bits per heavy atom. The fourth-order valence-corrected chi connectivity index (χ4v) is 2.60.